The summed E-state index contributed by atoms with van der Waals surface area (Å²) in [4.78, 5) is 18.7. The van der Waals surface area contributed by atoms with Gasteiger partial charge in [-0.25, -0.2) is 4.98 Å². The number of fused-ring (bicyclic) bond motifs is 1. The summed E-state index contributed by atoms with van der Waals surface area (Å²) in [5.41, 5.74) is 9.82. The molecule has 164 valence electrons. The zero-order valence-electron chi connectivity index (χ0n) is 17.9. The van der Waals surface area contributed by atoms with Crippen molar-refractivity contribution in [3.8, 4) is 11.6 Å². The Bertz CT molecular complexity index is 1070. The van der Waals surface area contributed by atoms with Gasteiger partial charge in [0.25, 0.3) is 5.91 Å². The van der Waals surface area contributed by atoms with Gasteiger partial charge in [-0.2, -0.15) is 0 Å². The van der Waals surface area contributed by atoms with Gasteiger partial charge in [0.1, 0.15) is 0 Å². The number of rotatable bonds is 7. The maximum absolute atomic E-state index is 12.1. The van der Waals surface area contributed by atoms with Crippen molar-refractivity contribution in [2.75, 3.05) is 38.3 Å². The van der Waals surface area contributed by atoms with Crippen LogP contribution in [0.3, 0.4) is 0 Å². The summed E-state index contributed by atoms with van der Waals surface area (Å²) in [6.45, 7) is 4.18. The molecule has 1 aliphatic heterocycles. The summed E-state index contributed by atoms with van der Waals surface area (Å²) in [5, 5.41) is 9.63. The zero-order chi connectivity index (χ0) is 22.0. The summed E-state index contributed by atoms with van der Waals surface area (Å²) in [6, 6.07) is 10.1. The van der Waals surface area contributed by atoms with E-state index < -0.39 is 5.91 Å². The number of primary amides is 1. The van der Waals surface area contributed by atoms with Gasteiger partial charge in [-0.15, -0.1) is 0 Å². The molecule has 8 nitrogen and oxygen atoms in total. The number of pyridine rings is 1. The number of aromatic nitrogens is 2. The molecule has 0 bridgehead atoms. The molecule has 3 N–H and O–H groups in total. The summed E-state index contributed by atoms with van der Waals surface area (Å²) in [6.07, 6.45) is 3.73. The predicted molar refractivity (Wildman–Crippen MR) is 119 cm³/mol. The molecule has 0 saturated carbocycles. The van der Waals surface area contributed by atoms with Crippen LogP contribution in [0.5, 0.6) is 5.88 Å². The lowest BCUT2D eigenvalue weighted by Crippen LogP contribution is -2.37. The molecule has 0 spiro atoms. The van der Waals surface area contributed by atoms with Gasteiger partial charge in [-0.3, -0.25) is 4.79 Å². The van der Waals surface area contributed by atoms with Crippen LogP contribution in [0.25, 0.3) is 16.6 Å². The molecule has 8 heteroatoms. The van der Waals surface area contributed by atoms with Crippen LogP contribution in [0.4, 0.5) is 5.69 Å². The minimum Gasteiger partial charge on any atom is -0.481 e. The first-order valence-electron chi connectivity index (χ1n) is 10.5. The Morgan fingerprint density at radius 2 is 1.90 bits per heavy atom. The Hall–Kier alpha value is -3.10. The van der Waals surface area contributed by atoms with Gasteiger partial charge in [-0.05, 0) is 44.0 Å². The topological polar surface area (TPSA) is 103 Å². The van der Waals surface area contributed by atoms with Crippen LogP contribution in [-0.4, -0.2) is 60.1 Å². The van der Waals surface area contributed by atoms with Crippen LogP contribution in [0.1, 0.15) is 28.9 Å². The molecule has 4 rings (SSSR count). The van der Waals surface area contributed by atoms with Crippen molar-refractivity contribution < 1.29 is 19.4 Å². The maximum Gasteiger partial charge on any atom is 0.251 e. The second-order valence-corrected chi connectivity index (χ2v) is 7.70. The van der Waals surface area contributed by atoms with Crippen LogP contribution in [0, 0.1) is 6.92 Å². The third-order valence-electron chi connectivity index (χ3n) is 5.88. The fourth-order valence-electron chi connectivity index (χ4n) is 4.36. The van der Waals surface area contributed by atoms with E-state index in [4.69, 9.17) is 20.3 Å². The number of hydrogen-bond donors (Lipinski definition) is 2. The molecule has 0 atom stereocenters. The Morgan fingerprint density at radius 1 is 1.23 bits per heavy atom. The number of carbonyl (C=O) groups excluding carboxylic acids is 1. The highest BCUT2D eigenvalue weighted by Crippen LogP contribution is 2.31. The molecule has 2 aromatic heterocycles. The average Bonchev–Trinajstić information content (AvgIpc) is 3.09. The number of benzene rings is 1. The zero-order valence-corrected chi connectivity index (χ0v) is 17.9. The third kappa shape index (κ3) is 4.08. The quantitative estimate of drug-likeness (QED) is 0.604. The SMILES string of the molecule is COc1cc2c(cn1)c(C(N)=O)c(C)n2-c1ccc(N2CCC(OCCO)CC2)cc1. The molecule has 3 aromatic rings. The third-order valence-corrected chi connectivity index (χ3v) is 5.88. The van der Waals surface area contributed by atoms with Crippen LogP contribution in [0.15, 0.2) is 36.5 Å². The largest absolute Gasteiger partial charge is 0.481 e. The molecule has 1 amide bonds. The molecule has 1 aromatic carbocycles. The highest BCUT2D eigenvalue weighted by atomic mass is 16.5. The van der Waals surface area contributed by atoms with Crippen LogP contribution >= 0.6 is 0 Å². The van der Waals surface area contributed by atoms with E-state index in [0.717, 1.165) is 48.5 Å². The smallest absolute Gasteiger partial charge is 0.251 e. The first-order chi connectivity index (χ1) is 15.0. The van der Waals surface area contributed by atoms with E-state index in [-0.39, 0.29) is 12.7 Å². The van der Waals surface area contributed by atoms with Gasteiger partial charge < -0.3 is 29.8 Å². The van der Waals surface area contributed by atoms with Crippen LogP contribution < -0.4 is 15.4 Å². The number of carbonyl (C=O) groups is 1. The monoisotopic (exact) mass is 424 g/mol. The molecule has 0 aliphatic carbocycles. The van der Waals surface area contributed by atoms with E-state index in [1.165, 1.54) is 0 Å². The molecule has 31 heavy (non-hydrogen) atoms. The lowest BCUT2D eigenvalue weighted by molar-refractivity contribution is 0.0159. The van der Waals surface area contributed by atoms with Gasteiger partial charge in [0.2, 0.25) is 5.88 Å². The Labute approximate surface area is 181 Å². The molecule has 1 aliphatic rings. The fraction of sp³-hybridized carbons (Fsp3) is 0.391. The molecule has 3 heterocycles. The minimum atomic E-state index is -0.476. The highest BCUT2D eigenvalue weighted by Gasteiger charge is 2.22. The Balaban J connectivity index is 1.62. The number of nitrogens with two attached hydrogens (primary N) is 1. The first kappa shape index (κ1) is 21.1. The first-order valence-corrected chi connectivity index (χ1v) is 10.5. The number of methoxy groups -OCH3 is 1. The van der Waals surface area contributed by atoms with Gasteiger partial charge in [0, 0.05) is 47.8 Å². The van der Waals surface area contributed by atoms with Crippen molar-refractivity contribution in [2.24, 2.45) is 5.73 Å². The number of ether oxygens (including phenoxy) is 2. The van der Waals surface area contributed by atoms with E-state index in [9.17, 15) is 4.79 Å². The number of piperidine rings is 1. The number of hydrogen-bond acceptors (Lipinski definition) is 6. The number of aliphatic hydroxyl groups is 1. The molecule has 1 fully saturated rings. The van der Waals surface area contributed by atoms with E-state index in [0.29, 0.717) is 23.4 Å². The van der Waals surface area contributed by atoms with E-state index in [1.54, 1.807) is 13.3 Å². The number of anilines is 1. The standard InChI is InChI=1S/C23H28N4O4/c1-15-22(23(24)29)19-14-25-21(30-2)13-20(19)27(15)17-5-3-16(4-6-17)26-9-7-18(8-10-26)31-12-11-28/h3-6,13-14,18,28H,7-12H2,1-2H3,(H2,24,29). The van der Waals surface area contributed by atoms with Gasteiger partial charge in [0.05, 0.1) is 37.5 Å². The highest BCUT2D eigenvalue weighted by molar-refractivity contribution is 6.08. The number of aliphatic hydroxyl groups excluding tert-OH is 1. The van der Waals surface area contributed by atoms with Gasteiger partial charge in [0.15, 0.2) is 0 Å². The van der Waals surface area contributed by atoms with E-state index in [1.807, 2.05) is 29.7 Å². The van der Waals surface area contributed by atoms with E-state index >= 15 is 0 Å². The summed E-state index contributed by atoms with van der Waals surface area (Å²) in [5.74, 6) is 0.00121. The van der Waals surface area contributed by atoms with E-state index in [2.05, 4.69) is 22.0 Å². The molecular weight excluding hydrogens is 396 g/mol. The second-order valence-electron chi connectivity index (χ2n) is 7.70. The predicted octanol–water partition coefficient (Wildman–Crippen LogP) is 2.42. The number of amides is 1. The Kier molecular flexibility index (Phi) is 6.11. The summed E-state index contributed by atoms with van der Waals surface area (Å²) < 4.78 is 12.9. The molecule has 0 radical (unpaired) electrons. The minimum absolute atomic E-state index is 0.0641. The lowest BCUT2D eigenvalue weighted by Gasteiger charge is -2.33. The van der Waals surface area contributed by atoms with Crippen molar-refractivity contribution in [3.05, 3.63) is 47.8 Å². The summed E-state index contributed by atoms with van der Waals surface area (Å²) in [7, 11) is 1.57. The lowest BCUT2D eigenvalue weighted by atomic mass is 10.1. The van der Waals surface area contributed by atoms with Crippen LogP contribution in [-0.2, 0) is 4.74 Å². The maximum atomic E-state index is 12.1. The average molecular weight is 425 g/mol. The normalized spacial score (nSPS) is 14.9. The van der Waals surface area contributed by atoms with Crippen molar-refractivity contribution in [1.82, 2.24) is 9.55 Å². The van der Waals surface area contributed by atoms with Crippen molar-refractivity contribution in [1.29, 1.82) is 0 Å². The van der Waals surface area contributed by atoms with Crippen molar-refractivity contribution in [3.63, 3.8) is 0 Å². The summed E-state index contributed by atoms with van der Waals surface area (Å²) >= 11 is 0. The van der Waals surface area contributed by atoms with Crippen molar-refractivity contribution in [2.45, 2.75) is 25.9 Å². The Morgan fingerprint density at radius 3 is 2.52 bits per heavy atom. The fourth-order valence-corrected chi connectivity index (χ4v) is 4.36. The molecule has 1 saturated heterocycles. The van der Waals surface area contributed by atoms with Gasteiger partial charge >= 0.3 is 0 Å². The number of nitrogens with zero attached hydrogens (tertiary/aromatic N) is 3. The van der Waals surface area contributed by atoms with Crippen molar-refractivity contribution >= 4 is 22.5 Å². The second kappa shape index (κ2) is 8.95. The van der Waals surface area contributed by atoms with Gasteiger partial charge in [-0.1, -0.05) is 0 Å². The van der Waals surface area contributed by atoms with Crippen LogP contribution in [0.2, 0.25) is 0 Å². The molecule has 0 unspecified atom stereocenters. The molecular formula is C23H28N4O4.